The van der Waals surface area contributed by atoms with Crippen molar-refractivity contribution in [3.8, 4) is 0 Å². The van der Waals surface area contributed by atoms with E-state index in [1.165, 1.54) is 0 Å². The largest absolute Gasteiger partial charge is 0.413 e. The lowest BCUT2D eigenvalue weighted by Gasteiger charge is -2.18. The average Bonchev–Trinajstić information content (AvgIpc) is 2.12. The summed E-state index contributed by atoms with van der Waals surface area (Å²) in [5, 5.41) is 0. The summed E-state index contributed by atoms with van der Waals surface area (Å²) >= 11 is 5.59. The van der Waals surface area contributed by atoms with Crippen LogP contribution in [0.15, 0.2) is 11.8 Å². The van der Waals surface area contributed by atoms with Crippen LogP contribution in [0, 0.1) is 0 Å². The lowest BCUT2D eigenvalue weighted by atomic mass is 10.0. The Bertz CT molecular complexity index is 158. The van der Waals surface area contributed by atoms with Crippen molar-refractivity contribution in [3.63, 3.8) is 0 Å². The number of hydrogen-bond acceptors (Lipinski definition) is 2. The number of halogens is 1. The molecule has 0 saturated heterocycles. The molecule has 0 aromatic carbocycles. The first-order valence-electron chi connectivity index (χ1n) is 3.36. The summed E-state index contributed by atoms with van der Waals surface area (Å²) in [5.74, 6) is 1.57. The van der Waals surface area contributed by atoms with Crippen LogP contribution in [0.2, 0.25) is 0 Å². The van der Waals surface area contributed by atoms with Crippen molar-refractivity contribution in [2.45, 2.75) is 25.8 Å². The summed E-state index contributed by atoms with van der Waals surface area (Å²) in [7, 11) is 0. The van der Waals surface area contributed by atoms with Crippen LogP contribution in [0.3, 0.4) is 0 Å². The van der Waals surface area contributed by atoms with Gasteiger partial charge in [0, 0.05) is 5.88 Å². The summed E-state index contributed by atoms with van der Waals surface area (Å²) in [6, 6.07) is 0. The molecule has 0 saturated carbocycles. The summed E-state index contributed by atoms with van der Waals surface area (Å²) < 4.78 is 0. The van der Waals surface area contributed by atoms with E-state index in [1.54, 1.807) is 0 Å². The van der Waals surface area contributed by atoms with Gasteiger partial charge in [0.2, 0.25) is 0 Å². The van der Waals surface area contributed by atoms with Gasteiger partial charge in [-0.1, -0.05) is 0 Å². The third kappa shape index (κ3) is 1.64. The molecule has 3 heteroatoms. The van der Waals surface area contributed by atoms with Crippen LogP contribution >= 0.6 is 11.6 Å². The highest BCUT2D eigenvalue weighted by atomic mass is 35.5. The quantitative estimate of drug-likeness (QED) is 0.624. The van der Waals surface area contributed by atoms with Crippen LogP contribution in [0.4, 0.5) is 0 Å². The topological polar surface area (TPSA) is 21.3 Å². The van der Waals surface area contributed by atoms with Gasteiger partial charge < -0.3 is 4.84 Å². The summed E-state index contributed by atoms with van der Waals surface area (Å²) in [5.41, 5.74) is 2.86. The third-order valence-corrected chi connectivity index (χ3v) is 1.77. The van der Waals surface area contributed by atoms with E-state index < -0.39 is 0 Å². The molecule has 2 nitrogen and oxygen atoms in total. The minimum atomic E-state index is -0.0498. The highest BCUT2D eigenvalue weighted by Gasteiger charge is 2.26. The lowest BCUT2D eigenvalue weighted by Crippen LogP contribution is -2.35. The second kappa shape index (κ2) is 2.81. The fourth-order valence-electron chi connectivity index (χ4n) is 1.02. The maximum absolute atomic E-state index is 5.59. The van der Waals surface area contributed by atoms with Crippen LogP contribution in [-0.2, 0) is 4.84 Å². The van der Waals surface area contributed by atoms with Crippen molar-refractivity contribution in [1.29, 1.82) is 0 Å². The number of hydrogen-bond donors (Lipinski definition) is 1. The molecular weight excluding hydrogens is 150 g/mol. The Hall–Kier alpha value is -0.210. The van der Waals surface area contributed by atoms with E-state index >= 15 is 0 Å². The van der Waals surface area contributed by atoms with Crippen LogP contribution in [0.25, 0.3) is 0 Å². The number of alkyl halides is 1. The molecule has 0 bridgehead atoms. The van der Waals surface area contributed by atoms with Gasteiger partial charge in [-0.2, -0.15) is 0 Å². The molecule has 1 aliphatic heterocycles. The van der Waals surface area contributed by atoms with Gasteiger partial charge in [-0.15, -0.1) is 17.1 Å². The minimum absolute atomic E-state index is 0.0498. The molecular formula is C7H12ClNO. The number of rotatable bonds is 2. The van der Waals surface area contributed by atoms with Gasteiger partial charge in [-0.05, 0) is 26.3 Å². The molecule has 0 aliphatic carbocycles. The van der Waals surface area contributed by atoms with E-state index in [-0.39, 0.29) is 5.54 Å². The Morgan fingerprint density at radius 1 is 1.80 bits per heavy atom. The molecule has 1 rings (SSSR count). The highest BCUT2D eigenvalue weighted by Crippen LogP contribution is 2.20. The molecule has 1 unspecified atom stereocenters. The molecule has 58 valence electrons. The van der Waals surface area contributed by atoms with Crippen molar-refractivity contribution < 1.29 is 4.84 Å². The van der Waals surface area contributed by atoms with E-state index in [0.29, 0.717) is 5.88 Å². The van der Waals surface area contributed by atoms with Crippen LogP contribution in [0.1, 0.15) is 20.3 Å². The van der Waals surface area contributed by atoms with E-state index in [9.17, 15) is 0 Å². The predicted octanol–water partition coefficient (Wildman–Crippen LogP) is 1.81. The number of hydroxylamine groups is 1. The minimum Gasteiger partial charge on any atom is -0.413 e. The molecule has 1 heterocycles. The predicted molar refractivity (Wildman–Crippen MR) is 41.7 cm³/mol. The lowest BCUT2D eigenvalue weighted by molar-refractivity contribution is 0.0847. The molecule has 0 amide bonds. The molecule has 0 aromatic heterocycles. The molecule has 1 atom stereocenters. The van der Waals surface area contributed by atoms with Crippen molar-refractivity contribution in [2.24, 2.45) is 0 Å². The van der Waals surface area contributed by atoms with E-state index in [0.717, 1.165) is 12.2 Å². The molecule has 0 aromatic rings. The standard InChI is InChI=1S/C7H12ClNO/c1-6-5-7(2,3-4-8)9-10-6/h5,9H,3-4H2,1-2H3. The molecule has 1 N–H and O–H groups in total. The monoisotopic (exact) mass is 161 g/mol. The zero-order chi connectivity index (χ0) is 7.61. The summed E-state index contributed by atoms with van der Waals surface area (Å²) in [4.78, 5) is 5.07. The molecule has 0 radical (unpaired) electrons. The van der Waals surface area contributed by atoms with Gasteiger partial charge >= 0.3 is 0 Å². The van der Waals surface area contributed by atoms with E-state index in [2.05, 4.69) is 18.5 Å². The Morgan fingerprint density at radius 2 is 2.50 bits per heavy atom. The Balaban J connectivity index is 2.54. The highest BCUT2D eigenvalue weighted by molar-refractivity contribution is 6.17. The zero-order valence-electron chi connectivity index (χ0n) is 6.28. The average molecular weight is 162 g/mol. The van der Waals surface area contributed by atoms with Crippen molar-refractivity contribution >= 4 is 11.6 Å². The van der Waals surface area contributed by atoms with Gasteiger partial charge in [-0.3, -0.25) is 0 Å². The second-order valence-electron chi connectivity index (χ2n) is 2.82. The van der Waals surface area contributed by atoms with Crippen LogP contribution in [0.5, 0.6) is 0 Å². The molecule has 10 heavy (non-hydrogen) atoms. The fourth-order valence-corrected chi connectivity index (χ4v) is 1.42. The van der Waals surface area contributed by atoms with Crippen molar-refractivity contribution in [3.05, 3.63) is 11.8 Å². The van der Waals surface area contributed by atoms with Crippen LogP contribution < -0.4 is 5.48 Å². The Kier molecular flexibility index (Phi) is 2.21. The van der Waals surface area contributed by atoms with E-state index in [4.69, 9.17) is 16.4 Å². The molecule has 1 aliphatic rings. The Morgan fingerprint density at radius 3 is 2.90 bits per heavy atom. The summed E-state index contributed by atoms with van der Waals surface area (Å²) in [6.45, 7) is 3.98. The fraction of sp³-hybridized carbons (Fsp3) is 0.714. The van der Waals surface area contributed by atoms with Crippen molar-refractivity contribution in [2.75, 3.05) is 5.88 Å². The second-order valence-corrected chi connectivity index (χ2v) is 3.19. The molecule has 0 fully saturated rings. The zero-order valence-corrected chi connectivity index (χ0v) is 7.03. The van der Waals surface area contributed by atoms with Crippen LogP contribution in [-0.4, -0.2) is 11.4 Å². The number of nitrogens with one attached hydrogen (secondary N) is 1. The van der Waals surface area contributed by atoms with Gasteiger partial charge in [-0.25, -0.2) is 0 Å². The first-order chi connectivity index (χ1) is 4.66. The van der Waals surface area contributed by atoms with Gasteiger partial charge in [0.1, 0.15) is 5.76 Å². The summed E-state index contributed by atoms with van der Waals surface area (Å²) in [6.07, 6.45) is 2.95. The smallest absolute Gasteiger partial charge is 0.119 e. The number of allylic oxidation sites excluding steroid dienone is 1. The van der Waals surface area contributed by atoms with Gasteiger partial charge in [0.25, 0.3) is 0 Å². The first kappa shape index (κ1) is 7.89. The maximum atomic E-state index is 5.59. The Labute approximate surface area is 66.2 Å². The van der Waals surface area contributed by atoms with Crippen molar-refractivity contribution in [1.82, 2.24) is 5.48 Å². The SMILES string of the molecule is CC1=CC(C)(CCCl)NO1. The third-order valence-electron chi connectivity index (χ3n) is 1.58. The maximum Gasteiger partial charge on any atom is 0.119 e. The molecule has 0 spiro atoms. The first-order valence-corrected chi connectivity index (χ1v) is 3.89. The van der Waals surface area contributed by atoms with E-state index in [1.807, 2.05) is 6.92 Å². The van der Waals surface area contributed by atoms with Gasteiger partial charge in [0.15, 0.2) is 0 Å². The normalized spacial score (nSPS) is 31.7. The van der Waals surface area contributed by atoms with Gasteiger partial charge in [0.05, 0.1) is 5.54 Å².